The summed E-state index contributed by atoms with van der Waals surface area (Å²) in [5.41, 5.74) is 1.62. The molecular formula is C21H22ClN3O5. The van der Waals surface area contributed by atoms with Crippen molar-refractivity contribution in [3.05, 3.63) is 58.9 Å². The zero-order valence-corrected chi connectivity index (χ0v) is 17.6. The molecule has 1 unspecified atom stereocenters. The van der Waals surface area contributed by atoms with Gasteiger partial charge in [-0.3, -0.25) is 4.79 Å². The Morgan fingerprint density at radius 2 is 1.83 bits per heavy atom. The van der Waals surface area contributed by atoms with Crippen LogP contribution in [0.25, 0.3) is 11.4 Å². The van der Waals surface area contributed by atoms with Crippen molar-refractivity contribution < 1.29 is 23.5 Å². The molecule has 0 aliphatic heterocycles. The minimum absolute atomic E-state index is 0.115. The number of hydrogen-bond donors (Lipinski definition) is 1. The molecule has 0 aliphatic rings. The molecule has 0 spiro atoms. The number of benzene rings is 2. The lowest BCUT2D eigenvalue weighted by atomic mass is 10.0. The number of halogens is 1. The SMILES string of the molecule is COC(=O)CC(NCc1nc(-c2ccc(Cl)cc2)no1)c1ccc(OC)c(OC)c1. The Balaban J connectivity index is 1.76. The first-order chi connectivity index (χ1) is 14.5. The third kappa shape index (κ3) is 5.28. The van der Waals surface area contributed by atoms with Crippen LogP contribution in [0.15, 0.2) is 47.0 Å². The number of ether oxygens (including phenoxy) is 3. The molecule has 0 radical (unpaired) electrons. The van der Waals surface area contributed by atoms with E-state index in [0.29, 0.717) is 28.2 Å². The van der Waals surface area contributed by atoms with Crippen molar-refractivity contribution in [3.63, 3.8) is 0 Å². The van der Waals surface area contributed by atoms with Gasteiger partial charge < -0.3 is 24.1 Å². The van der Waals surface area contributed by atoms with Crippen molar-refractivity contribution in [2.24, 2.45) is 0 Å². The van der Waals surface area contributed by atoms with Gasteiger partial charge in [-0.05, 0) is 42.0 Å². The standard InChI is InChI=1S/C21H22ClN3O5/c1-27-17-9-6-14(10-18(17)28-2)16(11-20(26)29-3)23-12-19-24-21(25-30-19)13-4-7-15(22)8-5-13/h4-10,16,23H,11-12H2,1-3H3. The predicted molar refractivity (Wildman–Crippen MR) is 111 cm³/mol. The fourth-order valence-corrected chi connectivity index (χ4v) is 3.01. The number of nitrogens with zero attached hydrogens (tertiary/aromatic N) is 2. The summed E-state index contributed by atoms with van der Waals surface area (Å²) in [5.74, 6) is 1.65. The van der Waals surface area contributed by atoms with Gasteiger partial charge in [-0.2, -0.15) is 4.98 Å². The van der Waals surface area contributed by atoms with Crippen molar-refractivity contribution in [1.82, 2.24) is 15.5 Å². The Kier molecular flexibility index (Phi) is 7.26. The van der Waals surface area contributed by atoms with Crippen molar-refractivity contribution in [2.45, 2.75) is 19.0 Å². The Labute approximate surface area is 179 Å². The third-order valence-corrected chi connectivity index (χ3v) is 4.73. The average molecular weight is 432 g/mol. The third-order valence-electron chi connectivity index (χ3n) is 4.48. The summed E-state index contributed by atoms with van der Waals surface area (Å²) in [6.45, 7) is 0.261. The van der Waals surface area contributed by atoms with Crippen molar-refractivity contribution >= 4 is 17.6 Å². The molecule has 1 N–H and O–H groups in total. The van der Waals surface area contributed by atoms with E-state index in [-0.39, 0.29) is 25.0 Å². The number of methoxy groups -OCH3 is 3. The summed E-state index contributed by atoms with van der Waals surface area (Å²) in [6.07, 6.45) is 0.115. The summed E-state index contributed by atoms with van der Waals surface area (Å²) >= 11 is 5.91. The maximum atomic E-state index is 11.9. The summed E-state index contributed by atoms with van der Waals surface area (Å²) < 4.78 is 20.8. The lowest BCUT2D eigenvalue weighted by Crippen LogP contribution is -2.24. The van der Waals surface area contributed by atoms with Crippen LogP contribution in [0.3, 0.4) is 0 Å². The molecule has 0 saturated carbocycles. The number of rotatable bonds is 9. The summed E-state index contributed by atoms with van der Waals surface area (Å²) in [5, 5.41) is 7.89. The van der Waals surface area contributed by atoms with Crippen LogP contribution in [-0.4, -0.2) is 37.4 Å². The van der Waals surface area contributed by atoms with Crippen LogP contribution in [0.1, 0.15) is 23.9 Å². The zero-order chi connectivity index (χ0) is 21.5. The van der Waals surface area contributed by atoms with E-state index in [0.717, 1.165) is 11.1 Å². The van der Waals surface area contributed by atoms with Gasteiger partial charge in [-0.15, -0.1) is 0 Å². The quantitative estimate of drug-likeness (QED) is 0.511. The number of aromatic nitrogens is 2. The first-order valence-electron chi connectivity index (χ1n) is 9.14. The Hall–Kier alpha value is -3.10. The second-order valence-electron chi connectivity index (χ2n) is 6.35. The van der Waals surface area contributed by atoms with Gasteiger partial charge in [0.15, 0.2) is 11.5 Å². The molecule has 0 bridgehead atoms. The van der Waals surface area contributed by atoms with E-state index in [4.69, 9.17) is 30.3 Å². The molecule has 0 saturated heterocycles. The maximum Gasteiger partial charge on any atom is 0.307 e. The van der Waals surface area contributed by atoms with Crippen molar-refractivity contribution in [2.75, 3.05) is 21.3 Å². The van der Waals surface area contributed by atoms with Crippen LogP contribution >= 0.6 is 11.6 Å². The Bertz CT molecular complexity index is 991. The molecule has 158 valence electrons. The molecule has 3 aromatic rings. The number of carbonyl (C=O) groups excluding carboxylic acids is 1. The maximum absolute atomic E-state index is 11.9. The van der Waals surface area contributed by atoms with Crippen LogP contribution in [-0.2, 0) is 16.1 Å². The van der Waals surface area contributed by atoms with Gasteiger partial charge in [0.2, 0.25) is 11.7 Å². The number of hydrogen-bond acceptors (Lipinski definition) is 8. The van der Waals surface area contributed by atoms with Gasteiger partial charge in [-0.25, -0.2) is 0 Å². The Morgan fingerprint density at radius 1 is 1.10 bits per heavy atom. The van der Waals surface area contributed by atoms with Crippen LogP contribution in [0, 0.1) is 0 Å². The van der Waals surface area contributed by atoms with Crippen molar-refractivity contribution in [1.29, 1.82) is 0 Å². The van der Waals surface area contributed by atoms with E-state index in [1.165, 1.54) is 7.11 Å². The van der Waals surface area contributed by atoms with Crippen LogP contribution in [0.2, 0.25) is 5.02 Å². The second kappa shape index (κ2) is 10.1. The van der Waals surface area contributed by atoms with E-state index in [9.17, 15) is 4.79 Å². The van der Waals surface area contributed by atoms with Gasteiger partial charge >= 0.3 is 5.97 Å². The van der Waals surface area contributed by atoms with Gasteiger partial charge in [0.25, 0.3) is 0 Å². The zero-order valence-electron chi connectivity index (χ0n) is 16.8. The van der Waals surface area contributed by atoms with Crippen LogP contribution < -0.4 is 14.8 Å². The smallest absolute Gasteiger partial charge is 0.307 e. The van der Waals surface area contributed by atoms with E-state index >= 15 is 0 Å². The molecule has 9 heteroatoms. The van der Waals surface area contributed by atoms with Gasteiger partial charge in [0.1, 0.15) is 0 Å². The molecule has 3 rings (SSSR count). The van der Waals surface area contributed by atoms with Gasteiger partial charge in [0, 0.05) is 16.6 Å². The fourth-order valence-electron chi connectivity index (χ4n) is 2.88. The molecule has 1 heterocycles. The van der Waals surface area contributed by atoms with E-state index in [1.807, 2.05) is 24.3 Å². The molecular weight excluding hydrogens is 410 g/mol. The highest BCUT2D eigenvalue weighted by molar-refractivity contribution is 6.30. The van der Waals surface area contributed by atoms with Crippen LogP contribution in [0.5, 0.6) is 11.5 Å². The minimum atomic E-state index is -0.358. The van der Waals surface area contributed by atoms with Gasteiger partial charge in [-0.1, -0.05) is 22.8 Å². The normalized spacial score (nSPS) is 11.7. The highest BCUT2D eigenvalue weighted by Gasteiger charge is 2.19. The molecule has 0 aliphatic carbocycles. The lowest BCUT2D eigenvalue weighted by molar-refractivity contribution is -0.141. The molecule has 30 heavy (non-hydrogen) atoms. The molecule has 8 nitrogen and oxygen atoms in total. The first-order valence-corrected chi connectivity index (χ1v) is 9.52. The van der Waals surface area contributed by atoms with E-state index in [1.54, 1.807) is 32.4 Å². The summed E-state index contributed by atoms with van der Waals surface area (Å²) in [7, 11) is 4.47. The monoisotopic (exact) mass is 431 g/mol. The van der Waals surface area contributed by atoms with Crippen molar-refractivity contribution in [3.8, 4) is 22.9 Å². The highest BCUT2D eigenvalue weighted by Crippen LogP contribution is 2.31. The number of nitrogens with one attached hydrogen (secondary N) is 1. The average Bonchev–Trinajstić information content (AvgIpc) is 3.25. The summed E-state index contributed by atoms with van der Waals surface area (Å²) in [4.78, 5) is 16.3. The molecule has 1 atom stereocenters. The largest absolute Gasteiger partial charge is 0.493 e. The first kappa shape index (κ1) is 21.6. The molecule has 0 amide bonds. The highest BCUT2D eigenvalue weighted by atomic mass is 35.5. The second-order valence-corrected chi connectivity index (χ2v) is 6.78. The lowest BCUT2D eigenvalue weighted by Gasteiger charge is -2.19. The fraction of sp³-hybridized carbons (Fsp3) is 0.286. The molecule has 1 aromatic heterocycles. The van der Waals surface area contributed by atoms with E-state index in [2.05, 4.69) is 15.5 Å². The van der Waals surface area contributed by atoms with E-state index < -0.39 is 0 Å². The summed E-state index contributed by atoms with van der Waals surface area (Å²) in [6, 6.07) is 12.2. The minimum Gasteiger partial charge on any atom is -0.493 e. The number of esters is 1. The van der Waals surface area contributed by atoms with Gasteiger partial charge in [0.05, 0.1) is 34.3 Å². The predicted octanol–water partition coefficient (Wildman–Crippen LogP) is 3.80. The molecule has 0 fully saturated rings. The topological polar surface area (TPSA) is 95.7 Å². The Morgan fingerprint density at radius 3 is 2.50 bits per heavy atom. The molecule has 2 aromatic carbocycles. The number of carbonyl (C=O) groups is 1. The van der Waals surface area contributed by atoms with Crippen LogP contribution in [0.4, 0.5) is 0 Å².